The summed E-state index contributed by atoms with van der Waals surface area (Å²) in [6, 6.07) is 3.19. The van der Waals surface area contributed by atoms with Gasteiger partial charge in [-0.1, -0.05) is 39.0 Å². The number of nitro groups is 1. The zero-order valence-electron chi connectivity index (χ0n) is 15.2. The number of methoxy groups -OCH3 is 2. The van der Waals surface area contributed by atoms with Gasteiger partial charge in [0.1, 0.15) is 0 Å². The molecule has 1 aromatic carbocycles. The molecule has 0 aliphatic heterocycles. The first-order valence-corrected chi connectivity index (χ1v) is 9.61. The molecule has 0 aliphatic carbocycles. The van der Waals surface area contributed by atoms with E-state index in [4.69, 9.17) is 9.47 Å². The average Bonchev–Trinajstić information content (AvgIpc) is 2.59. The summed E-state index contributed by atoms with van der Waals surface area (Å²) < 4.78 is 10.5. The van der Waals surface area contributed by atoms with Crippen molar-refractivity contribution in [3.05, 3.63) is 27.8 Å². The number of rotatable bonds is 12. The summed E-state index contributed by atoms with van der Waals surface area (Å²) in [4.78, 5) is 11.0. The summed E-state index contributed by atoms with van der Waals surface area (Å²) in [5.74, 6) is 1.94. The van der Waals surface area contributed by atoms with Crippen LogP contribution in [0, 0.1) is 10.1 Å². The summed E-state index contributed by atoms with van der Waals surface area (Å²) >= 11 is 1.76. The fourth-order valence-corrected chi connectivity index (χ4v) is 3.69. The second kappa shape index (κ2) is 11.2. The number of thioether (sulfide) groups is 1. The quantitative estimate of drug-likeness (QED) is 0.271. The lowest BCUT2D eigenvalue weighted by molar-refractivity contribution is -0.385. The zero-order valence-corrected chi connectivity index (χ0v) is 16.0. The molecule has 1 aromatic rings. The molecule has 0 radical (unpaired) electrons. The third kappa shape index (κ3) is 6.23. The Kier molecular flexibility index (Phi) is 9.60. The van der Waals surface area contributed by atoms with Gasteiger partial charge in [0.05, 0.1) is 25.2 Å². The normalized spacial score (nSPS) is 12.0. The van der Waals surface area contributed by atoms with Crippen molar-refractivity contribution in [3.8, 4) is 11.5 Å². The lowest BCUT2D eigenvalue weighted by Crippen LogP contribution is -2.01. The van der Waals surface area contributed by atoms with Gasteiger partial charge in [-0.05, 0) is 25.2 Å². The smallest absolute Gasteiger partial charge is 0.277 e. The number of hydrogen-bond donors (Lipinski definition) is 0. The van der Waals surface area contributed by atoms with Crippen molar-refractivity contribution in [2.24, 2.45) is 0 Å². The van der Waals surface area contributed by atoms with E-state index in [1.807, 2.05) is 6.92 Å². The van der Waals surface area contributed by atoms with E-state index in [1.54, 1.807) is 24.9 Å². The van der Waals surface area contributed by atoms with Crippen LogP contribution in [0.2, 0.25) is 0 Å². The summed E-state index contributed by atoms with van der Waals surface area (Å²) in [7, 11) is 3.03. The Balaban J connectivity index is 2.68. The molecule has 0 saturated heterocycles. The molecule has 0 bridgehead atoms. The highest BCUT2D eigenvalue weighted by molar-refractivity contribution is 7.99. The minimum atomic E-state index is -0.348. The van der Waals surface area contributed by atoms with Crippen molar-refractivity contribution in [2.75, 3.05) is 20.0 Å². The standard InChI is InChI=1S/C18H29NO4S/c1-5-6-7-8-9-10-11-24-14(2)15-12-17(22-3)18(23-4)13-16(15)19(20)21/h12-14H,5-11H2,1-4H3. The fourth-order valence-electron chi connectivity index (χ4n) is 2.60. The van der Waals surface area contributed by atoms with Gasteiger partial charge < -0.3 is 9.47 Å². The van der Waals surface area contributed by atoms with Gasteiger partial charge in [0, 0.05) is 10.8 Å². The van der Waals surface area contributed by atoms with Crippen molar-refractivity contribution in [3.63, 3.8) is 0 Å². The number of nitro benzene ring substituents is 1. The Hall–Kier alpha value is -1.43. The van der Waals surface area contributed by atoms with Crippen LogP contribution in [0.5, 0.6) is 11.5 Å². The Morgan fingerprint density at radius 1 is 1.08 bits per heavy atom. The van der Waals surface area contributed by atoms with Crippen LogP contribution in [0.3, 0.4) is 0 Å². The Morgan fingerprint density at radius 2 is 1.67 bits per heavy atom. The third-order valence-electron chi connectivity index (χ3n) is 4.03. The second-order valence-electron chi connectivity index (χ2n) is 5.80. The molecular formula is C18H29NO4S. The molecule has 0 amide bonds. The van der Waals surface area contributed by atoms with Gasteiger partial charge in [0.25, 0.3) is 5.69 Å². The van der Waals surface area contributed by atoms with E-state index in [9.17, 15) is 10.1 Å². The number of benzene rings is 1. The predicted molar refractivity (Wildman–Crippen MR) is 100 cm³/mol. The lowest BCUT2D eigenvalue weighted by atomic mass is 10.1. The highest BCUT2D eigenvalue weighted by Gasteiger charge is 2.23. The maximum atomic E-state index is 11.4. The molecule has 6 heteroatoms. The van der Waals surface area contributed by atoms with E-state index >= 15 is 0 Å². The average molecular weight is 356 g/mol. The number of unbranched alkanes of at least 4 members (excludes halogenated alkanes) is 5. The molecule has 1 rings (SSSR count). The third-order valence-corrected chi connectivity index (χ3v) is 5.31. The molecule has 0 saturated carbocycles. The summed E-state index contributed by atoms with van der Waals surface area (Å²) in [6.45, 7) is 4.23. The van der Waals surface area contributed by atoms with E-state index in [2.05, 4.69) is 6.92 Å². The number of nitrogens with zero attached hydrogens (tertiary/aromatic N) is 1. The minimum absolute atomic E-state index is 0.0425. The molecule has 0 heterocycles. The Morgan fingerprint density at radius 3 is 2.25 bits per heavy atom. The molecule has 1 atom stereocenters. The highest BCUT2D eigenvalue weighted by Crippen LogP contribution is 2.41. The number of hydrogen-bond acceptors (Lipinski definition) is 5. The molecule has 0 aliphatic rings. The first kappa shape index (κ1) is 20.6. The molecule has 0 spiro atoms. The van der Waals surface area contributed by atoms with Crippen molar-refractivity contribution in [1.29, 1.82) is 0 Å². The molecule has 5 nitrogen and oxygen atoms in total. The van der Waals surface area contributed by atoms with Crippen molar-refractivity contribution < 1.29 is 14.4 Å². The summed E-state index contributed by atoms with van der Waals surface area (Å²) in [6.07, 6.45) is 7.53. The monoisotopic (exact) mass is 355 g/mol. The van der Waals surface area contributed by atoms with E-state index in [0.29, 0.717) is 17.1 Å². The molecule has 0 aromatic heterocycles. The van der Waals surface area contributed by atoms with Crippen LogP contribution in [-0.4, -0.2) is 24.9 Å². The van der Waals surface area contributed by atoms with Crippen LogP contribution in [0.4, 0.5) is 5.69 Å². The molecule has 136 valence electrons. The van der Waals surface area contributed by atoms with Crippen LogP contribution >= 0.6 is 11.8 Å². The topological polar surface area (TPSA) is 61.6 Å². The highest BCUT2D eigenvalue weighted by atomic mass is 32.2. The van der Waals surface area contributed by atoms with Crippen molar-refractivity contribution in [2.45, 2.75) is 57.6 Å². The molecular weight excluding hydrogens is 326 g/mol. The van der Waals surface area contributed by atoms with E-state index < -0.39 is 0 Å². The maximum Gasteiger partial charge on any atom is 0.277 e. The fraction of sp³-hybridized carbons (Fsp3) is 0.667. The van der Waals surface area contributed by atoms with E-state index in [-0.39, 0.29) is 15.9 Å². The van der Waals surface area contributed by atoms with Gasteiger partial charge in [0.2, 0.25) is 0 Å². The van der Waals surface area contributed by atoms with Gasteiger partial charge in [0.15, 0.2) is 11.5 Å². The van der Waals surface area contributed by atoms with Crippen molar-refractivity contribution >= 4 is 17.4 Å². The van der Waals surface area contributed by atoms with E-state index in [0.717, 1.165) is 12.2 Å². The Bertz CT molecular complexity index is 522. The van der Waals surface area contributed by atoms with Gasteiger partial charge in [-0.2, -0.15) is 11.8 Å². The summed E-state index contributed by atoms with van der Waals surface area (Å²) in [5, 5.41) is 11.4. The van der Waals surface area contributed by atoms with Crippen molar-refractivity contribution in [1.82, 2.24) is 0 Å². The first-order chi connectivity index (χ1) is 11.5. The van der Waals surface area contributed by atoms with Crippen LogP contribution in [-0.2, 0) is 0 Å². The molecule has 24 heavy (non-hydrogen) atoms. The zero-order chi connectivity index (χ0) is 17.9. The maximum absolute atomic E-state index is 11.4. The largest absolute Gasteiger partial charge is 0.493 e. The predicted octanol–water partition coefficient (Wildman–Crippen LogP) is 5.77. The van der Waals surface area contributed by atoms with E-state index in [1.165, 1.54) is 45.3 Å². The van der Waals surface area contributed by atoms with Crippen LogP contribution in [0.25, 0.3) is 0 Å². The van der Waals surface area contributed by atoms with Gasteiger partial charge in [-0.15, -0.1) is 0 Å². The van der Waals surface area contributed by atoms with Crippen LogP contribution in [0.15, 0.2) is 12.1 Å². The van der Waals surface area contributed by atoms with Gasteiger partial charge in [-0.3, -0.25) is 10.1 Å². The minimum Gasteiger partial charge on any atom is -0.493 e. The summed E-state index contributed by atoms with van der Waals surface area (Å²) in [5.41, 5.74) is 0.782. The van der Waals surface area contributed by atoms with Crippen LogP contribution in [0.1, 0.15) is 63.2 Å². The Labute approximate surface area is 149 Å². The van der Waals surface area contributed by atoms with Gasteiger partial charge >= 0.3 is 0 Å². The second-order valence-corrected chi connectivity index (χ2v) is 7.25. The SMILES string of the molecule is CCCCCCCCSC(C)c1cc(OC)c(OC)cc1[N+](=O)[O-]. The molecule has 1 unspecified atom stereocenters. The van der Waals surface area contributed by atoms with Gasteiger partial charge in [-0.25, -0.2) is 0 Å². The van der Waals surface area contributed by atoms with Crippen LogP contribution < -0.4 is 9.47 Å². The molecule has 0 fully saturated rings. The number of ether oxygens (including phenoxy) is 2. The first-order valence-electron chi connectivity index (χ1n) is 8.57. The lowest BCUT2D eigenvalue weighted by Gasteiger charge is -2.15. The molecule has 0 N–H and O–H groups in total.